The Morgan fingerprint density at radius 1 is 0.633 bits per heavy atom. The van der Waals surface area contributed by atoms with Gasteiger partial charge in [-0.1, -0.05) is 28.5 Å². The topological polar surface area (TPSA) is 104 Å². The lowest BCUT2D eigenvalue weighted by Crippen LogP contribution is -1.89. The fourth-order valence-corrected chi connectivity index (χ4v) is 3.10. The SMILES string of the molecule is Cc1cccnc1-c1noc(-c2cccc(-c3nc(-c4ncccc4C)no3)c2)n1. The first-order chi connectivity index (χ1) is 14.7. The van der Waals surface area contributed by atoms with Gasteiger partial charge in [0.1, 0.15) is 11.4 Å². The van der Waals surface area contributed by atoms with Crippen LogP contribution in [0.25, 0.3) is 45.9 Å². The van der Waals surface area contributed by atoms with Crippen molar-refractivity contribution in [2.45, 2.75) is 13.8 Å². The molecule has 0 spiro atoms. The molecule has 8 heteroatoms. The van der Waals surface area contributed by atoms with Gasteiger partial charge in [-0.25, -0.2) is 0 Å². The van der Waals surface area contributed by atoms with Crippen LogP contribution in [0.5, 0.6) is 0 Å². The number of aryl methyl sites for hydroxylation is 2. The van der Waals surface area contributed by atoms with Gasteiger partial charge in [0.15, 0.2) is 0 Å². The Bertz CT molecular complexity index is 1240. The lowest BCUT2D eigenvalue weighted by atomic mass is 10.1. The summed E-state index contributed by atoms with van der Waals surface area (Å²) in [5.41, 5.74) is 4.82. The highest BCUT2D eigenvalue weighted by molar-refractivity contribution is 5.67. The lowest BCUT2D eigenvalue weighted by Gasteiger charge is -1.98. The molecule has 4 aromatic heterocycles. The Morgan fingerprint density at radius 2 is 1.13 bits per heavy atom. The molecule has 0 bridgehead atoms. The highest BCUT2D eigenvalue weighted by Crippen LogP contribution is 2.28. The number of benzene rings is 1. The molecule has 0 atom stereocenters. The highest BCUT2D eigenvalue weighted by atomic mass is 16.5. The van der Waals surface area contributed by atoms with Crippen molar-refractivity contribution in [3.63, 3.8) is 0 Å². The molecule has 0 fully saturated rings. The van der Waals surface area contributed by atoms with Gasteiger partial charge < -0.3 is 9.05 Å². The van der Waals surface area contributed by atoms with Gasteiger partial charge in [-0.05, 0) is 55.3 Å². The zero-order valence-corrected chi connectivity index (χ0v) is 16.3. The molecule has 30 heavy (non-hydrogen) atoms. The van der Waals surface area contributed by atoms with Crippen LogP contribution < -0.4 is 0 Å². The van der Waals surface area contributed by atoms with Crippen molar-refractivity contribution in [1.82, 2.24) is 30.2 Å². The zero-order chi connectivity index (χ0) is 20.5. The fraction of sp³-hybridized carbons (Fsp3) is 0.0909. The van der Waals surface area contributed by atoms with Crippen molar-refractivity contribution in [2.24, 2.45) is 0 Å². The van der Waals surface area contributed by atoms with E-state index < -0.39 is 0 Å². The minimum atomic E-state index is 0.386. The molecule has 4 heterocycles. The largest absolute Gasteiger partial charge is 0.334 e. The summed E-state index contributed by atoms with van der Waals surface area (Å²) >= 11 is 0. The molecule has 1 aromatic carbocycles. The molecule has 0 radical (unpaired) electrons. The maximum Gasteiger partial charge on any atom is 0.258 e. The first-order valence-corrected chi connectivity index (χ1v) is 9.31. The van der Waals surface area contributed by atoms with Crippen LogP contribution in [0.4, 0.5) is 0 Å². The lowest BCUT2D eigenvalue weighted by molar-refractivity contribution is 0.430. The number of aromatic nitrogens is 6. The van der Waals surface area contributed by atoms with Crippen LogP contribution in [0.1, 0.15) is 11.1 Å². The monoisotopic (exact) mass is 396 g/mol. The minimum absolute atomic E-state index is 0.386. The van der Waals surface area contributed by atoms with E-state index in [0.717, 1.165) is 22.3 Å². The third-order valence-corrected chi connectivity index (χ3v) is 4.65. The molecule has 0 aliphatic carbocycles. The number of rotatable bonds is 4. The standard InChI is InChI=1S/C22H16N6O2/c1-13-6-4-10-23-17(13)19-25-21(29-27-19)15-8-3-9-16(12-15)22-26-20(28-30-22)18-14(2)7-5-11-24-18/h3-12H,1-2H3. The highest BCUT2D eigenvalue weighted by Gasteiger charge is 2.17. The predicted molar refractivity (Wildman–Crippen MR) is 109 cm³/mol. The van der Waals surface area contributed by atoms with Gasteiger partial charge in [-0.15, -0.1) is 0 Å². The van der Waals surface area contributed by atoms with Gasteiger partial charge >= 0.3 is 0 Å². The van der Waals surface area contributed by atoms with Crippen LogP contribution in [0.3, 0.4) is 0 Å². The third-order valence-electron chi connectivity index (χ3n) is 4.65. The second-order valence-corrected chi connectivity index (χ2v) is 6.76. The number of nitrogens with zero attached hydrogens (tertiary/aromatic N) is 6. The van der Waals surface area contributed by atoms with Crippen LogP contribution in [0, 0.1) is 13.8 Å². The van der Waals surface area contributed by atoms with E-state index in [1.165, 1.54) is 0 Å². The van der Waals surface area contributed by atoms with E-state index in [1.54, 1.807) is 12.4 Å². The minimum Gasteiger partial charge on any atom is -0.334 e. The molecule has 0 unspecified atom stereocenters. The summed E-state index contributed by atoms with van der Waals surface area (Å²) in [6.45, 7) is 3.91. The summed E-state index contributed by atoms with van der Waals surface area (Å²) in [5, 5.41) is 8.14. The Kier molecular flexibility index (Phi) is 4.36. The Hall–Kier alpha value is -4.20. The maximum atomic E-state index is 5.46. The van der Waals surface area contributed by atoms with Crippen LogP contribution in [0.15, 0.2) is 70.0 Å². The third kappa shape index (κ3) is 3.24. The summed E-state index contributed by atoms with van der Waals surface area (Å²) in [7, 11) is 0. The fourth-order valence-electron chi connectivity index (χ4n) is 3.10. The van der Waals surface area contributed by atoms with E-state index in [2.05, 4.69) is 30.2 Å². The smallest absolute Gasteiger partial charge is 0.258 e. The first kappa shape index (κ1) is 17.9. The van der Waals surface area contributed by atoms with Crippen molar-refractivity contribution in [2.75, 3.05) is 0 Å². The molecular formula is C22H16N6O2. The van der Waals surface area contributed by atoms with E-state index in [9.17, 15) is 0 Å². The van der Waals surface area contributed by atoms with Gasteiger partial charge in [0.05, 0.1) is 0 Å². The quantitative estimate of drug-likeness (QED) is 0.436. The summed E-state index contributed by atoms with van der Waals surface area (Å²) in [6.07, 6.45) is 3.41. The summed E-state index contributed by atoms with van der Waals surface area (Å²) in [6, 6.07) is 15.1. The Morgan fingerprint density at radius 3 is 1.60 bits per heavy atom. The van der Waals surface area contributed by atoms with Crippen LogP contribution in [0.2, 0.25) is 0 Å². The number of pyridine rings is 2. The van der Waals surface area contributed by atoms with E-state index in [4.69, 9.17) is 9.05 Å². The molecule has 0 amide bonds. The molecule has 0 aliphatic rings. The van der Waals surface area contributed by atoms with Crippen molar-refractivity contribution >= 4 is 0 Å². The summed E-state index contributed by atoms with van der Waals surface area (Å²) < 4.78 is 10.9. The molecule has 0 saturated carbocycles. The van der Waals surface area contributed by atoms with Crippen molar-refractivity contribution in [1.29, 1.82) is 0 Å². The molecular weight excluding hydrogens is 380 g/mol. The maximum absolute atomic E-state index is 5.46. The molecule has 5 aromatic rings. The van der Waals surface area contributed by atoms with Crippen molar-refractivity contribution in [3.8, 4) is 45.9 Å². The zero-order valence-electron chi connectivity index (χ0n) is 16.3. The molecule has 146 valence electrons. The van der Waals surface area contributed by atoms with Gasteiger partial charge in [-0.2, -0.15) is 9.97 Å². The normalized spacial score (nSPS) is 11.0. The summed E-state index contributed by atoms with van der Waals surface area (Å²) in [4.78, 5) is 17.7. The number of hydrogen-bond donors (Lipinski definition) is 0. The predicted octanol–water partition coefficient (Wildman–Crippen LogP) is 4.53. The second kappa shape index (κ2) is 7.32. The molecule has 5 rings (SSSR count). The molecule has 0 aliphatic heterocycles. The van der Waals surface area contributed by atoms with Gasteiger partial charge in [0.25, 0.3) is 11.8 Å². The van der Waals surface area contributed by atoms with Crippen molar-refractivity contribution < 1.29 is 9.05 Å². The van der Waals surface area contributed by atoms with E-state index in [-0.39, 0.29) is 0 Å². The van der Waals surface area contributed by atoms with E-state index >= 15 is 0 Å². The second-order valence-electron chi connectivity index (χ2n) is 6.76. The van der Waals surface area contributed by atoms with E-state index in [0.29, 0.717) is 34.8 Å². The van der Waals surface area contributed by atoms with Gasteiger partial charge in [-0.3, -0.25) is 9.97 Å². The molecule has 8 nitrogen and oxygen atoms in total. The van der Waals surface area contributed by atoms with E-state index in [1.807, 2.05) is 62.4 Å². The Balaban J connectivity index is 1.47. The van der Waals surface area contributed by atoms with Crippen LogP contribution >= 0.6 is 0 Å². The summed E-state index contributed by atoms with van der Waals surface area (Å²) in [5.74, 6) is 1.66. The van der Waals surface area contributed by atoms with Crippen LogP contribution in [-0.4, -0.2) is 30.2 Å². The van der Waals surface area contributed by atoms with Gasteiger partial charge in [0, 0.05) is 23.5 Å². The van der Waals surface area contributed by atoms with Crippen molar-refractivity contribution in [3.05, 3.63) is 72.1 Å². The first-order valence-electron chi connectivity index (χ1n) is 9.31. The number of hydrogen-bond acceptors (Lipinski definition) is 8. The van der Waals surface area contributed by atoms with Gasteiger partial charge in [0.2, 0.25) is 11.6 Å². The molecule has 0 N–H and O–H groups in total. The van der Waals surface area contributed by atoms with Crippen LogP contribution in [-0.2, 0) is 0 Å². The molecule has 0 saturated heterocycles. The average molecular weight is 396 g/mol. The Labute approximate surface area is 171 Å². The average Bonchev–Trinajstić information content (AvgIpc) is 3.45.